The van der Waals surface area contributed by atoms with Crippen LogP contribution in [0.2, 0.25) is 0 Å². The summed E-state index contributed by atoms with van der Waals surface area (Å²) in [6.07, 6.45) is 2.94. The molecule has 0 aliphatic carbocycles. The number of hydrogen-bond acceptors (Lipinski definition) is 3. The van der Waals surface area contributed by atoms with E-state index in [1.807, 2.05) is 0 Å². The number of nitrogens with one attached hydrogen (secondary N) is 1. The van der Waals surface area contributed by atoms with Crippen molar-refractivity contribution in [3.05, 3.63) is 37.6 Å². The van der Waals surface area contributed by atoms with Crippen LogP contribution in [0.4, 0.5) is 0 Å². The van der Waals surface area contributed by atoms with Gasteiger partial charge in [0, 0.05) is 17.9 Å². The third-order valence-electron chi connectivity index (χ3n) is 2.86. The maximum Gasteiger partial charge on any atom is 0.330 e. The zero-order chi connectivity index (χ0) is 14.0. The zero-order valence-corrected chi connectivity index (χ0v) is 13.6. The van der Waals surface area contributed by atoms with Crippen molar-refractivity contribution in [1.82, 2.24) is 9.55 Å². The molecule has 8 heteroatoms. The molecule has 0 radical (unpaired) electrons. The van der Waals surface area contributed by atoms with Crippen LogP contribution in [-0.2, 0) is 4.74 Å². The second-order valence-corrected chi connectivity index (χ2v) is 5.82. The number of rotatable bonds is 3. The van der Waals surface area contributed by atoms with Crippen LogP contribution in [0.1, 0.15) is 18.2 Å². The molecule has 1 aliphatic rings. The van der Waals surface area contributed by atoms with E-state index in [0.717, 1.165) is 0 Å². The first-order valence-electron chi connectivity index (χ1n) is 5.54. The van der Waals surface area contributed by atoms with Crippen LogP contribution < -0.4 is 11.2 Å². The summed E-state index contributed by atoms with van der Waals surface area (Å²) in [5.74, 6) is 0. The molecule has 2 rings (SSSR count). The molecule has 0 spiro atoms. The summed E-state index contributed by atoms with van der Waals surface area (Å²) in [6.45, 7) is 0. The van der Waals surface area contributed by atoms with E-state index in [1.165, 1.54) is 10.8 Å². The van der Waals surface area contributed by atoms with Crippen molar-refractivity contribution in [2.75, 3.05) is 5.33 Å². The van der Waals surface area contributed by atoms with Crippen LogP contribution in [0.5, 0.6) is 0 Å². The normalized spacial score (nSPS) is 27.2. The summed E-state index contributed by atoms with van der Waals surface area (Å²) in [4.78, 5) is 27.2. The molecule has 3 atom stereocenters. The Balaban J connectivity index is 2.38. The Hall–Kier alpha value is -0.370. The number of halogens is 3. The standard InChI is InChI=1S/C11H11Br2ClN2O3/c12-2-1-6-5-16(11(18)15-10(6)17)9-3-7(14)8(4-13)19-9/h1-2,5,7-9H,3-4H2,(H,15,17,18)/b2-1+/t7-,8+,9+/m0/s1. The van der Waals surface area contributed by atoms with E-state index in [4.69, 9.17) is 16.3 Å². The highest BCUT2D eigenvalue weighted by Gasteiger charge is 2.34. The largest absolute Gasteiger partial charge is 0.352 e. The number of hydrogen-bond donors (Lipinski definition) is 1. The quantitative estimate of drug-likeness (QED) is 0.772. The van der Waals surface area contributed by atoms with E-state index in [-0.39, 0.29) is 11.5 Å². The monoisotopic (exact) mass is 412 g/mol. The van der Waals surface area contributed by atoms with Crippen LogP contribution in [0.3, 0.4) is 0 Å². The molecular formula is C11H11Br2ClN2O3. The Bertz CT molecular complexity index is 598. The van der Waals surface area contributed by atoms with Gasteiger partial charge in [0.1, 0.15) is 6.23 Å². The molecule has 0 saturated carbocycles. The zero-order valence-electron chi connectivity index (χ0n) is 9.68. The van der Waals surface area contributed by atoms with Crippen molar-refractivity contribution in [2.24, 2.45) is 0 Å². The Morgan fingerprint density at radius 2 is 2.32 bits per heavy atom. The van der Waals surface area contributed by atoms with E-state index < -0.39 is 17.5 Å². The van der Waals surface area contributed by atoms with Gasteiger partial charge in [0.25, 0.3) is 5.56 Å². The van der Waals surface area contributed by atoms with Gasteiger partial charge in [0.05, 0.1) is 17.0 Å². The fraction of sp³-hybridized carbons (Fsp3) is 0.455. The highest BCUT2D eigenvalue weighted by atomic mass is 79.9. The SMILES string of the molecule is O=c1[nH]c(=O)n([C@H]2C[C@H](Cl)[C@@H](CBr)O2)cc1/C=C/Br. The summed E-state index contributed by atoms with van der Waals surface area (Å²) in [5.41, 5.74) is -0.566. The van der Waals surface area contributed by atoms with Crippen LogP contribution >= 0.6 is 43.5 Å². The molecular weight excluding hydrogens is 403 g/mol. The highest BCUT2D eigenvalue weighted by molar-refractivity contribution is 9.11. The first kappa shape index (κ1) is 15.0. The van der Waals surface area contributed by atoms with Crippen LogP contribution in [0, 0.1) is 0 Å². The van der Waals surface area contributed by atoms with Crippen molar-refractivity contribution < 1.29 is 4.74 Å². The molecule has 1 N–H and O–H groups in total. The van der Waals surface area contributed by atoms with E-state index in [0.29, 0.717) is 17.3 Å². The summed E-state index contributed by atoms with van der Waals surface area (Å²) in [7, 11) is 0. The van der Waals surface area contributed by atoms with Gasteiger partial charge in [-0.15, -0.1) is 11.6 Å². The lowest BCUT2D eigenvalue weighted by Gasteiger charge is -2.14. The van der Waals surface area contributed by atoms with Crippen molar-refractivity contribution in [2.45, 2.75) is 24.1 Å². The molecule has 0 bridgehead atoms. The molecule has 1 aromatic rings. The molecule has 1 aromatic heterocycles. The predicted octanol–water partition coefficient (Wildman–Crippen LogP) is 2.19. The summed E-state index contributed by atoms with van der Waals surface area (Å²) in [6, 6.07) is 0. The van der Waals surface area contributed by atoms with Gasteiger partial charge < -0.3 is 4.74 Å². The number of aromatic nitrogens is 2. The average Bonchev–Trinajstić information content (AvgIpc) is 2.74. The second kappa shape index (κ2) is 6.39. The fourth-order valence-electron chi connectivity index (χ4n) is 1.90. The summed E-state index contributed by atoms with van der Waals surface area (Å²) < 4.78 is 7.05. The average molecular weight is 414 g/mol. The fourth-order valence-corrected chi connectivity index (χ4v) is 3.31. The highest BCUT2D eigenvalue weighted by Crippen LogP contribution is 2.32. The van der Waals surface area contributed by atoms with Crippen molar-refractivity contribution in [1.29, 1.82) is 0 Å². The Labute approximate surface area is 130 Å². The number of alkyl halides is 2. The maximum atomic E-state index is 11.8. The van der Waals surface area contributed by atoms with Gasteiger partial charge >= 0.3 is 5.69 Å². The molecule has 0 unspecified atom stereocenters. The van der Waals surface area contributed by atoms with Gasteiger partial charge in [-0.05, 0) is 11.1 Å². The molecule has 5 nitrogen and oxygen atoms in total. The molecule has 1 saturated heterocycles. The number of nitrogens with zero attached hydrogens (tertiary/aromatic N) is 1. The molecule has 104 valence electrons. The van der Waals surface area contributed by atoms with Gasteiger partial charge in [-0.2, -0.15) is 0 Å². The van der Waals surface area contributed by atoms with Crippen LogP contribution in [0.15, 0.2) is 20.8 Å². The van der Waals surface area contributed by atoms with Gasteiger partial charge in [-0.25, -0.2) is 4.79 Å². The maximum absolute atomic E-state index is 11.8. The van der Waals surface area contributed by atoms with Crippen LogP contribution in [0.25, 0.3) is 6.08 Å². The van der Waals surface area contributed by atoms with Gasteiger partial charge in [-0.1, -0.05) is 31.9 Å². The molecule has 1 fully saturated rings. The smallest absolute Gasteiger partial charge is 0.330 e. The predicted molar refractivity (Wildman–Crippen MR) is 81.2 cm³/mol. The van der Waals surface area contributed by atoms with Crippen LogP contribution in [-0.4, -0.2) is 26.4 Å². The first-order valence-corrected chi connectivity index (χ1v) is 8.02. The number of H-pyrrole nitrogens is 1. The van der Waals surface area contributed by atoms with E-state index >= 15 is 0 Å². The van der Waals surface area contributed by atoms with E-state index in [2.05, 4.69) is 36.8 Å². The minimum Gasteiger partial charge on any atom is -0.352 e. The van der Waals surface area contributed by atoms with Gasteiger partial charge in [0.15, 0.2) is 0 Å². The van der Waals surface area contributed by atoms with Gasteiger partial charge in [-0.3, -0.25) is 14.3 Å². The molecule has 19 heavy (non-hydrogen) atoms. The van der Waals surface area contributed by atoms with Crippen molar-refractivity contribution in [3.63, 3.8) is 0 Å². The van der Waals surface area contributed by atoms with Crippen molar-refractivity contribution >= 4 is 49.5 Å². The third-order valence-corrected chi connectivity index (χ3v) is 4.22. The molecule has 2 heterocycles. The Morgan fingerprint density at radius 1 is 1.58 bits per heavy atom. The Kier molecular flexibility index (Phi) is 5.05. The topological polar surface area (TPSA) is 64.1 Å². The lowest BCUT2D eigenvalue weighted by atomic mass is 10.2. The minimum atomic E-state index is -0.499. The summed E-state index contributed by atoms with van der Waals surface area (Å²) in [5, 5.41) is 0.433. The summed E-state index contributed by atoms with van der Waals surface area (Å²) >= 11 is 12.6. The molecule has 1 aliphatic heterocycles. The molecule has 0 amide bonds. The first-order chi connectivity index (χ1) is 9.06. The number of aromatic amines is 1. The van der Waals surface area contributed by atoms with Gasteiger partial charge in [0.2, 0.25) is 0 Å². The Morgan fingerprint density at radius 3 is 2.89 bits per heavy atom. The minimum absolute atomic E-state index is 0.152. The van der Waals surface area contributed by atoms with Crippen molar-refractivity contribution in [3.8, 4) is 0 Å². The third kappa shape index (κ3) is 3.21. The lowest BCUT2D eigenvalue weighted by Crippen LogP contribution is -2.33. The second-order valence-electron chi connectivity index (χ2n) is 4.08. The molecule has 0 aromatic carbocycles. The number of ether oxygens (including phenoxy) is 1. The van der Waals surface area contributed by atoms with E-state index in [9.17, 15) is 9.59 Å². The lowest BCUT2D eigenvalue weighted by molar-refractivity contribution is 0.0109. The van der Waals surface area contributed by atoms with E-state index in [1.54, 1.807) is 11.1 Å².